The number of hydrogen-bond donors (Lipinski definition) is 1. The zero-order valence-electron chi connectivity index (χ0n) is 10.5. The van der Waals surface area contributed by atoms with Crippen LogP contribution in [0.4, 0.5) is 0 Å². The van der Waals surface area contributed by atoms with Crippen molar-refractivity contribution in [3.8, 4) is 11.5 Å². The van der Waals surface area contributed by atoms with E-state index < -0.39 is 0 Å². The van der Waals surface area contributed by atoms with E-state index in [1.807, 2.05) is 25.1 Å². The summed E-state index contributed by atoms with van der Waals surface area (Å²) in [6.07, 6.45) is 2.33. The van der Waals surface area contributed by atoms with Crippen LogP contribution in [0.25, 0.3) is 0 Å². The van der Waals surface area contributed by atoms with Crippen molar-refractivity contribution >= 4 is 49.2 Å². The quantitative estimate of drug-likeness (QED) is 0.381. The van der Waals surface area contributed by atoms with Crippen LogP contribution in [-0.4, -0.2) is 22.5 Å². The standard InChI is InChI=1S/C13H15I2NO3/c1-8-2-10(18-7-13(14)17)6-11(3-8)19-12-4-9(5-12)16-15/h2-3,6,9,12,16H,4-5,7H2,1H3/t9-,12+. The summed E-state index contributed by atoms with van der Waals surface area (Å²) in [6.45, 7) is 2.08. The predicted octanol–water partition coefficient (Wildman–Crippen LogP) is 3.18. The molecule has 0 heterocycles. The summed E-state index contributed by atoms with van der Waals surface area (Å²) in [5.74, 6) is 1.50. The SMILES string of the molecule is Cc1cc(OCC(=O)I)cc(O[C@H]2C[C@@H](NI)C2)c1. The average Bonchev–Trinajstić information content (AvgIpc) is 2.30. The van der Waals surface area contributed by atoms with Gasteiger partial charge in [-0.3, -0.25) is 8.32 Å². The summed E-state index contributed by atoms with van der Waals surface area (Å²) in [5, 5.41) is 0. The number of nitrogens with one attached hydrogen (secondary N) is 1. The molecule has 1 aliphatic carbocycles. The normalized spacial score (nSPS) is 21.6. The minimum Gasteiger partial charge on any atom is -0.490 e. The third kappa shape index (κ3) is 4.75. The Morgan fingerprint density at radius 3 is 2.68 bits per heavy atom. The number of hydrogen-bond acceptors (Lipinski definition) is 4. The van der Waals surface area contributed by atoms with E-state index in [0.29, 0.717) is 11.8 Å². The van der Waals surface area contributed by atoms with E-state index >= 15 is 0 Å². The van der Waals surface area contributed by atoms with Crippen LogP contribution in [0.5, 0.6) is 11.5 Å². The molecule has 2 rings (SSSR count). The molecule has 1 aromatic carbocycles. The summed E-state index contributed by atoms with van der Waals surface area (Å²) in [4.78, 5) is 10.9. The second kappa shape index (κ2) is 7.07. The van der Waals surface area contributed by atoms with Crippen LogP contribution >= 0.6 is 45.5 Å². The van der Waals surface area contributed by atoms with E-state index in [9.17, 15) is 4.79 Å². The molecule has 0 spiro atoms. The highest BCUT2D eigenvalue weighted by Crippen LogP contribution is 2.29. The minimum atomic E-state index is -0.0171. The van der Waals surface area contributed by atoms with Crippen LogP contribution in [0.2, 0.25) is 0 Å². The molecule has 1 N–H and O–H groups in total. The molecule has 0 aliphatic heterocycles. The fourth-order valence-electron chi connectivity index (χ4n) is 1.95. The van der Waals surface area contributed by atoms with Gasteiger partial charge < -0.3 is 9.47 Å². The highest BCUT2D eigenvalue weighted by atomic mass is 127. The number of benzene rings is 1. The first-order valence-electron chi connectivity index (χ1n) is 6.02. The lowest BCUT2D eigenvalue weighted by Crippen LogP contribution is -2.43. The van der Waals surface area contributed by atoms with Crippen LogP contribution in [0.15, 0.2) is 18.2 Å². The lowest BCUT2D eigenvalue weighted by molar-refractivity contribution is -0.111. The number of rotatable bonds is 6. The molecule has 0 aromatic heterocycles. The molecule has 0 bridgehead atoms. The lowest BCUT2D eigenvalue weighted by Gasteiger charge is -2.34. The Kier molecular flexibility index (Phi) is 5.70. The first kappa shape index (κ1) is 15.3. The minimum absolute atomic E-state index is 0.0171. The molecule has 0 radical (unpaired) electrons. The third-order valence-corrected chi connectivity index (χ3v) is 4.12. The van der Waals surface area contributed by atoms with Crippen LogP contribution in [0.3, 0.4) is 0 Å². The van der Waals surface area contributed by atoms with E-state index in [2.05, 4.69) is 26.4 Å². The molecule has 0 amide bonds. The number of halogens is 2. The van der Waals surface area contributed by atoms with Crippen molar-refractivity contribution in [2.45, 2.75) is 31.9 Å². The highest BCUT2D eigenvalue weighted by Gasteiger charge is 2.30. The summed E-state index contributed by atoms with van der Waals surface area (Å²) >= 11 is 3.90. The summed E-state index contributed by atoms with van der Waals surface area (Å²) < 4.78 is 14.5. The number of carbonyl (C=O) groups excluding carboxylic acids is 1. The molecule has 0 atom stereocenters. The Labute approximate surface area is 140 Å². The zero-order valence-corrected chi connectivity index (χ0v) is 14.8. The molecular weight excluding hydrogens is 472 g/mol. The first-order chi connectivity index (χ1) is 9.06. The van der Waals surface area contributed by atoms with Gasteiger partial charge in [0, 0.05) is 70.4 Å². The number of ether oxygens (including phenoxy) is 2. The number of carbonyl (C=O) groups is 1. The van der Waals surface area contributed by atoms with Gasteiger partial charge >= 0.3 is 0 Å². The second-order valence-electron chi connectivity index (χ2n) is 4.64. The first-order valence-corrected chi connectivity index (χ1v) is 8.18. The van der Waals surface area contributed by atoms with Gasteiger partial charge in [-0.15, -0.1) is 0 Å². The zero-order chi connectivity index (χ0) is 13.8. The van der Waals surface area contributed by atoms with Gasteiger partial charge in [-0.25, -0.2) is 0 Å². The van der Waals surface area contributed by atoms with Crippen LogP contribution in [0, 0.1) is 6.92 Å². The fourth-order valence-corrected chi connectivity index (χ4v) is 2.61. The third-order valence-electron chi connectivity index (χ3n) is 2.93. The molecule has 19 heavy (non-hydrogen) atoms. The Balaban J connectivity index is 1.95. The summed E-state index contributed by atoms with van der Waals surface area (Å²) in [6, 6.07) is 6.30. The molecule has 104 valence electrons. The van der Waals surface area contributed by atoms with Crippen LogP contribution in [0.1, 0.15) is 18.4 Å². The van der Waals surface area contributed by atoms with E-state index in [1.165, 1.54) is 0 Å². The lowest BCUT2D eigenvalue weighted by atomic mass is 9.90. The maximum atomic E-state index is 10.9. The van der Waals surface area contributed by atoms with Crippen molar-refractivity contribution in [2.24, 2.45) is 0 Å². The van der Waals surface area contributed by atoms with Gasteiger partial charge in [-0.2, -0.15) is 0 Å². The van der Waals surface area contributed by atoms with Crippen molar-refractivity contribution in [1.82, 2.24) is 3.53 Å². The molecule has 0 saturated heterocycles. The monoisotopic (exact) mass is 487 g/mol. The van der Waals surface area contributed by atoms with Crippen molar-refractivity contribution in [1.29, 1.82) is 0 Å². The van der Waals surface area contributed by atoms with Crippen molar-refractivity contribution in [2.75, 3.05) is 6.61 Å². The molecule has 4 nitrogen and oxygen atoms in total. The van der Waals surface area contributed by atoms with Gasteiger partial charge in [0.1, 0.15) is 17.6 Å². The molecule has 6 heteroatoms. The smallest absolute Gasteiger partial charge is 0.229 e. The van der Waals surface area contributed by atoms with Crippen molar-refractivity contribution in [3.63, 3.8) is 0 Å². The molecule has 0 unspecified atom stereocenters. The molecule has 1 saturated carbocycles. The largest absolute Gasteiger partial charge is 0.490 e. The van der Waals surface area contributed by atoms with E-state index in [0.717, 1.165) is 24.2 Å². The van der Waals surface area contributed by atoms with Gasteiger partial charge in [-0.05, 0) is 24.6 Å². The fraction of sp³-hybridized carbons (Fsp3) is 0.462. The summed E-state index contributed by atoms with van der Waals surface area (Å²) in [7, 11) is 0. The van der Waals surface area contributed by atoms with Crippen molar-refractivity contribution < 1.29 is 14.3 Å². The predicted molar refractivity (Wildman–Crippen MR) is 90.3 cm³/mol. The molecular formula is C13H15I2NO3. The van der Waals surface area contributed by atoms with Crippen LogP contribution in [-0.2, 0) is 4.79 Å². The Morgan fingerprint density at radius 2 is 2.05 bits per heavy atom. The summed E-state index contributed by atoms with van der Waals surface area (Å²) in [5.41, 5.74) is 1.07. The van der Waals surface area contributed by atoms with E-state index in [-0.39, 0.29) is 16.5 Å². The van der Waals surface area contributed by atoms with Gasteiger partial charge in [0.05, 0.1) is 0 Å². The Morgan fingerprint density at radius 1 is 1.37 bits per heavy atom. The number of aryl methyl sites for hydroxylation is 1. The maximum Gasteiger partial charge on any atom is 0.229 e. The Hall–Kier alpha value is -0.0900. The van der Waals surface area contributed by atoms with Gasteiger partial charge in [0.2, 0.25) is 3.79 Å². The maximum absolute atomic E-state index is 10.9. The molecule has 1 fully saturated rings. The Bertz CT molecular complexity index is 461. The average molecular weight is 487 g/mol. The van der Waals surface area contributed by atoms with Gasteiger partial charge in [0.15, 0.2) is 6.61 Å². The van der Waals surface area contributed by atoms with Gasteiger partial charge in [-0.1, -0.05) is 0 Å². The van der Waals surface area contributed by atoms with Crippen LogP contribution < -0.4 is 13.0 Å². The van der Waals surface area contributed by atoms with Crippen molar-refractivity contribution in [3.05, 3.63) is 23.8 Å². The molecule has 1 aromatic rings. The highest BCUT2D eigenvalue weighted by molar-refractivity contribution is 14.1. The van der Waals surface area contributed by atoms with Gasteiger partial charge in [0.25, 0.3) is 0 Å². The molecule has 1 aliphatic rings. The van der Waals surface area contributed by atoms with E-state index in [1.54, 1.807) is 22.6 Å². The topological polar surface area (TPSA) is 47.6 Å². The van der Waals surface area contributed by atoms with E-state index in [4.69, 9.17) is 9.47 Å². The second-order valence-corrected chi connectivity index (χ2v) is 6.47.